The normalized spacial score (nSPS) is 24.1. The van der Waals surface area contributed by atoms with Crippen molar-refractivity contribution in [3.8, 4) is 0 Å². The largest absolute Gasteiger partial charge is 0.393 e. The van der Waals surface area contributed by atoms with Crippen LogP contribution in [-0.4, -0.2) is 22.0 Å². The molecule has 1 aromatic carbocycles. The van der Waals surface area contributed by atoms with Gasteiger partial charge in [-0.3, -0.25) is 10.1 Å². The van der Waals surface area contributed by atoms with Crippen LogP contribution >= 0.6 is 0 Å². The summed E-state index contributed by atoms with van der Waals surface area (Å²) in [6.07, 6.45) is 3.54. The van der Waals surface area contributed by atoms with Crippen molar-refractivity contribution >= 4 is 17.1 Å². The maximum absolute atomic E-state index is 10.7. The molecule has 19 heavy (non-hydrogen) atoms. The Bertz CT molecular complexity index is 468. The van der Waals surface area contributed by atoms with E-state index < -0.39 is 4.92 Å². The summed E-state index contributed by atoms with van der Waals surface area (Å²) in [7, 11) is 0. The van der Waals surface area contributed by atoms with E-state index in [1.165, 1.54) is 12.5 Å². The van der Waals surface area contributed by atoms with Crippen LogP contribution in [0.5, 0.6) is 0 Å². The zero-order valence-corrected chi connectivity index (χ0v) is 11.3. The van der Waals surface area contributed by atoms with Crippen LogP contribution < -0.4 is 11.2 Å². The molecule has 6 nitrogen and oxygen atoms in total. The van der Waals surface area contributed by atoms with Gasteiger partial charge in [-0.2, -0.15) is 0 Å². The number of anilines is 2. The maximum Gasteiger partial charge on any atom is 0.292 e. The summed E-state index contributed by atoms with van der Waals surface area (Å²) < 4.78 is 0. The molecular formula is C13H20N4O2. The first-order chi connectivity index (χ1) is 8.99. The molecule has 1 aliphatic heterocycles. The van der Waals surface area contributed by atoms with E-state index in [1.54, 1.807) is 12.1 Å². The molecule has 0 saturated carbocycles. The van der Waals surface area contributed by atoms with E-state index in [4.69, 9.17) is 5.73 Å². The molecule has 0 aliphatic carbocycles. The van der Waals surface area contributed by atoms with E-state index in [0.717, 1.165) is 18.5 Å². The fourth-order valence-electron chi connectivity index (χ4n) is 2.58. The van der Waals surface area contributed by atoms with Crippen LogP contribution in [0.2, 0.25) is 0 Å². The van der Waals surface area contributed by atoms with E-state index in [-0.39, 0.29) is 11.4 Å². The SMILES string of the molecule is CC1CCCC(C)N1Nc1ccc([N+](=O)[O-])c(N)c1. The van der Waals surface area contributed by atoms with Gasteiger partial charge >= 0.3 is 0 Å². The predicted molar refractivity (Wildman–Crippen MR) is 75.7 cm³/mol. The average Bonchev–Trinajstić information content (AvgIpc) is 2.33. The monoisotopic (exact) mass is 264 g/mol. The van der Waals surface area contributed by atoms with Crippen LogP contribution in [0.4, 0.5) is 17.1 Å². The summed E-state index contributed by atoms with van der Waals surface area (Å²) in [6, 6.07) is 5.64. The molecule has 104 valence electrons. The summed E-state index contributed by atoms with van der Waals surface area (Å²) in [5, 5.41) is 12.9. The first-order valence-electron chi connectivity index (χ1n) is 6.58. The molecule has 6 heteroatoms. The summed E-state index contributed by atoms with van der Waals surface area (Å²) in [5.41, 5.74) is 9.95. The van der Waals surface area contributed by atoms with Crippen molar-refractivity contribution in [2.24, 2.45) is 0 Å². The van der Waals surface area contributed by atoms with Crippen molar-refractivity contribution < 1.29 is 4.92 Å². The first kappa shape index (κ1) is 13.6. The van der Waals surface area contributed by atoms with E-state index in [2.05, 4.69) is 24.3 Å². The van der Waals surface area contributed by atoms with Gasteiger partial charge in [0, 0.05) is 18.2 Å². The van der Waals surface area contributed by atoms with Crippen LogP contribution in [0.15, 0.2) is 18.2 Å². The number of hydrogen-bond donors (Lipinski definition) is 2. The Morgan fingerprint density at radius 1 is 1.37 bits per heavy atom. The number of nitrogens with zero attached hydrogens (tertiary/aromatic N) is 2. The van der Waals surface area contributed by atoms with E-state index in [0.29, 0.717) is 12.1 Å². The number of nitro groups is 1. The Balaban J connectivity index is 2.14. The van der Waals surface area contributed by atoms with Gasteiger partial charge in [-0.25, -0.2) is 5.01 Å². The third kappa shape index (κ3) is 2.96. The molecule has 0 bridgehead atoms. The average molecular weight is 264 g/mol. The lowest BCUT2D eigenvalue weighted by Gasteiger charge is -2.39. The third-order valence-electron chi connectivity index (χ3n) is 3.68. The summed E-state index contributed by atoms with van der Waals surface area (Å²) >= 11 is 0. The molecule has 2 unspecified atom stereocenters. The lowest BCUT2D eigenvalue weighted by Crippen LogP contribution is -2.47. The molecule has 0 aromatic heterocycles. The highest BCUT2D eigenvalue weighted by Gasteiger charge is 2.25. The summed E-state index contributed by atoms with van der Waals surface area (Å²) in [5.74, 6) is 0. The standard InChI is InChI=1S/C13H20N4O2/c1-9-4-3-5-10(2)16(9)15-11-6-7-13(17(18)19)12(14)8-11/h6-10,15H,3-5,14H2,1-2H3. The molecule has 2 rings (SSSR count). The lowest BCUT2D eigenvalue weighted by atomic mass is 10.00. The minimum absolute atomic E-state index is 0.0507. The van der Waals surface area contributed by atoms with Gasteiger partial charge in [0.25, 0.3) is 5.69 Å². The second kappa shape index (κ2) is 5.44. The Hall–Kier alpha value is -1.82. The zero-order chi connectivity index (χ0) is 14.0. The Kier molecular flexibility index (Phi) is 3.90. The quantitative estimate of drug-likeness (QED) is 0.498. The van der Waals surface area contributed by atoms with Gasteiger partial charge in [0.2, 0.25) is 0 Å². The summed E-state index contributed by atoms with van der Waals surface area (Å²) in [6.45, 7) is 4.36. The van der Waals surface area contributed by atoms with Gasteiger partial charge in [-0.05, 0) is 38.8 Å². The van der Waals surface area contributed by atoms with Crippen LogP contribution in [0.1, 0.15) is 33.1 Å². The van der Waals surface area contributed by atoms with Crippen LogP contribution in [-0.2, 0) is 0 Å². The number of hydrazine groups is 1. The number of nitro benzene ring substituents is 1. The smallest absolute Gasteiger partial charge is 0.292 e. The fraction of sp³-hybridized carbons (Fsp3) is 0.538. The van der Waals surface area contributed by atoms with Crippen molar-refractivity contribution in [3.05, 3.63) is 28.3 Å². The topological polar surface area (TPSA) is 84.4 Å². The van der Waals surface area contributed by atoms with Gasteiger partial charge in [-0.15, -0.1) is 0 Å². The minimum Gasteiger partial charge on any atom is -0.393 e. The lowest BCUT2D eigenvalue weighted by molar-refractivity contribution is -0.383. The molecule has 2 atom stereocenters. The van der Waals surface area contributed by atoms with Crippen LogP contribution in [0, 0.1) is 10.1 Å². The van der Waals surface area contributed by atoms with Crippen molar-refractivity contribution in [2.45, 2.75) is 45.2 Å². The molecule has 1 fully saturated rings. The number of nitrogen functional groups attached to an aromatic ring is 1. The van der Waals surface area contributed by atoms with Crippen LogP contribution in [0.3, 0.4) is 0 Å². The minimum atomic E-state index is -0.467. The highest BCUT2D eigenvalue weighted by Crippen LogP contribution is 2.27. The molecule has 3 N–H and O–H groups in total. The second-order valence-electron chi connectivity index (χ2n) is 5.18. The number of hydrogen-bond acceptors (Lipinski definition) is 5. The van der Waals surface area contributed by atoms with Crippen molar-refractivity contribution in [1.29, 1.82) is 0 Å². The Morgan fingerprint density at radius 2 is 2.00 bits per heavy atom. The van der Waals surface area contributed by atoms with Crippen molar-refractivity contribution in [2.75, 3.05) is 11.2 Å². The third-order valence-corrected chi connectivity index (χ3v) is 3.68. The second-order valence-corrected chi connectivity index (χ2v) is 5.18. The molecule has 0 amide bonds. The van der Waals surface area contributed by atoms with Gasteiger partial charge < -0.3 is 11.2 Å². The van der Waals surface area contributed by atoms with Gasteiger partial charge in [0.1, 0.15) is 5.69 Å². The molecule has 0 radical (unpaired) electrons. The highest BCUT2D eigenvalue weighted by atomic mass is 16.6. The maximum atomic E-state index is 10.7. The molecule has 1 aliphatic rings. The van der Waals surface area contributed by atoms with Gasteiger partial charge in [0.15, 0.2) is 0 Å². The molecule has 1 heterocycles. The molecule has 0 spiro atoms. The van der Waals surface area contributed by atoms with Gasteiger partial charge in [0.05, 0.1) is 10.6 Å². The Labute approximate surface area is 112 Å². The molecule has 1 aromatic rings. The predicted octanol–water partition coefficient (Wildman–Crippen LogP) is 2.77. The number of benzene rings is 1. The molecule has 1 saturated heterocycles. The Morgan fingerprint density at radius 3 is 2.53 bits per heavy atom. The van der Waals surface area contributed by atoms with Crippen molar-refractivity contribution in [3.63, 3.8) is 0 Å². The summed E-state index contributed by atoms with van der Waals surface area (Å²) in [4.78, 5) is 10.3. The molecular weight excluding hydrogens is 244 g/mol. The first-order valence-corrected chi connectivity index (χ1v) is 6.58. The van der Waals surface area contributed by atoms with E-state index >= 15 is 0 Å². The van der Waals surface area contributed by atoms with Crippen molar-refractivity contribution in [1.82, 2.24) is 5.01 Å². The zero-order valence-electron chi connectivity index (χ0n) is 11.3. The van der Waals surface area contributed by atoms with Gasteiger partial charge in [-0.1, -0.05) is 6.42 Å². The fourth-order valence-corrected chi connectivity index (χ4v) is 2.58. The van der Waals surface area contributed by atoms with Crippen LogP contribution in [0.25, 0.3) is 0 Å². The number of nitrogens with one attached hydrogen (secondary N) is 1. The van der Waals surface area contributed by atoms with E-state index in [1.807, 2.05) is 0 Å². The number of piperidine rings is 1. The highest BCUT2D eigenvalue weighted by molar-refractivity contribution is 5.65. The number of nitrogens with two attached hydrogens (primary N) is 1. The number of rotatable bonds is 3. The van der Waals surface area contributed by atoms with E-state index in [9.17, 15) is 10.1 Å².